The summed E-state index contributed by atoms with van der Waals surface area (Å²) < 4.78 is 6.52. The first-order valence-electron chi connectivity index (χ1n) is 10.5. The van der Waals surface area contributed by atoms with Crippen molar-refractivity contribution in [1.29, 1.82) is 0 Å². The topological polar surface area (TPSA) is 58.6 Å². The van der Waals surface area contributed by atoms with Gasteiger partial charge in [-0.3, -0.25) is 9.69 Å². The van der Waals surface area contributed by atoms with E-state index in [9.17, 15) is 9.59 Å². The third-order valence-corrected chi connectivity index (χ3v) is 7.81. The van der Waals surface area contributed by atoms with Crippen molar-refractivity contribution >= 4 is 27.9 Å². The second-order valence-corrected chi connectivity index (χ2v) is 9.67. The first-order chi connectivity index (χ1) is 14.5. The van der Waals surface area contributed by atoms with Crippen LogP contribution in [0, 0.1) is 5.41 Å². The monoisotopic (exact) mass is 468 g/mol. The first-order valence-corrected chi connectivity index (χ1v) is 11.3. The zero-order valence-corrected chi connectivity index (χ0v) is 18.6. The highest BCUT2D eigenvalue weighted by Gasteiger charge is 2.68. The fourth-order valence-electron chi connectivity index (χ4n) is 5.79. The van der Waals surface area contributed by atoms with Crippen molar-refractivity contribution in [2.75, 3.05) is 7.11 Å². The highest BCUT2D eigenvalue weighted by Crippen LogP contribution is 2.60. The molecule has 6 heteroatoms. The van der Waals surface area contributed by atoms with E-state index in [1.165, 1.54) is 4.90 Å². The number of hydrogen-bond donors (Lipinski definition) is 1. The van der Waals surface area contributed by atoms with Gasteiger partial charge in [0, 0.05) is 17.0 Å². The number of urea groups is 1. The Morgan fingerprint density at radius 1 is 1.13 bits per heavy atom. The molecule has 1 saturated heterocycles. The number of halogens is 1. The Hall–Kier alpha value is -2.18. The molecule has 1 heterocycles. The average molecular weight is 469 g/mol. The Balaban J connectivity index is 1.59. The van der Waals surface area contributed by atoms with Crippen LogP contribution in [-0.2, 0) is 28.0 Å². The predicted octanol–water partition coefficient (Wildman–Crippen LogP) is 4.53. The van der Waals surface area contributed by atoms with Crippen LogP contribution in [-0.4, -0.2) is 30.1 Å². The molecule has 0 bridgehead atoms. The summed E-state index contributed by atoms with van der Waals surface area (Å²) in [7, 11) is 1.75. The molecule has 2 spiro atoms. The molecule has 0 aromatic heterocycles. The van der Waals surface area contributed by atoms with E-state index < -0.39 is 5.54 Å². The number of carbonyl (C=O) groups is 2. The van der Waals surface area contributed by atoms with Gasteiger partial charge >= 0.3 is 6.03 Å². The van der Waals surface area contributed by atoms with Crippen LogP contribution in [0.15, 0.2) is 53.0 Å². The number of hydrogen-bond acceptors (Lipinski definition) is 3. The number of nitrogens with zero attached hydrogens (tertiary/aromatic N) is 1. The second kappa shape index (κ2) is 7.20. The third-order valence-electron chi connectivity index (χ3n) is 7.31. The maximum atomic E-state index is 14.0. The molecule has 2 aromatic rings. The molecule has 5 nitrogen and oxygen atoms in total. The lowest BCUT2D eigenvalue weighted by atomic mass is 9.61. The Morgan fingerprint density at radius 2 is 1.87 bits per heavy atom. The molecular formula is C24H25BrN2O3. The molecule has 1 atom stereocenters. The Labute approximate surface area is 184 Å². The molecule has 5 rings (SSSR count). The third kappa shape index (κ3) is 2.77. The molecule has 2 fully saturated rings. The van der Waals surface area contributed by atoms with E-state index >= 15 is 0 Å². The summed E-state index contributed by atoms with van der Waals surface area (Å²) >= 11 is 3.57. The number of fused-ring (bicyclic) bond motifs is 3. The van der Waals surface area contributed by atoms with Crippen molar-refractivity contribution in [1.82, 2.24) is 10.2 Å². The van der Waals surface area contributed by atoms with Gasteiger partial charge in [-0.05, 0) is 60.9 Å². The van der Waals surface area contributed by atoms with E-state index in [-0.39, 0.29) is 30.0 Å². The molecule has 3 aliphatic rings. The maximum absolute atomic E-state index is 14.0. The summed E-state index contributed by atoms with van der Waals surface area (Å²) in [6, 6.07) is 15.5. The number of amides is 3. The minimum absolute atomic E-state index is 0.121. The quantitative estimate of drug-likeness (QED) is 0.673. The molecule has 156 valence electrons. The largest absolute Gasteiger partial charge is 0.381 e. The van der Waals surface area contributed by atoms with Crippen LogP contribution in [0.5, 0.6) is 0 Å². The molecular weight excluding hydrogens is 444 g/mol. The van der Waals surface area contributed by atoms with E-state index in [0.717, 1.165) is 53.3 Å². The van der Waals surface area contributed by atoms with E-state index in [0.29, 0.717) is 0 Å². The van der Waals surface area contributed by atoms with Gasteiger partial charge in [-0.1, -0.05) is 52.3 Å². The van der Waals surface area contributed by atoms with Crippen molar-refractivity contribution in [3.63, 3.8) is 0 Å². The molecule has 1 aliphatic heterocycles. The molecule has 3 amide bonds. The molecule has 30 heavy (non-hydrogen) atoms. The van der Waals surface area contributed by atoms with Gasteiger partial charge in [0.1, 0.15) is 0 Å². The molecule has 1 saturated carbocycles. The number of nitrogens with one attached hydrogen (secondary N) is 1. The van der Waals surface area contributed by atoms with Crippen LogP contribution in [0.25, 0.3) is 0 Å². The number of ether oxygens (including phenoxy) is 1. The minimum atomic E-state index is -1.00. The molecule has 1 unspecified atom stereocenters. The van der Waals surface area contributed by atoms with Gasteiger partial charge in [-0.25, -0.2) is 4.79 Å². The summed E-state index contributed by atoms with van der Waals surface area (Å²) in [6.45, 7) is 0.285. The number of carbonyl (C=O) groups excluding carboxylic acids is 2. The second-order valence-electron chi connectivity index (χ2n) is 8.75. The van der Waals surface area contributed by atoms with Crippen LogP contribution < -0.4 is 5.32 Å². The summed E-state index contributed by atoms with van der Waals surface area (Å²) in [5, 5.41) is 3.20. The van der Waals surface area contributed by atoms with Crippen molar-refractivity contribution in [3.8, 4) is 0 Å². The zero-order chi connectivity index (χ0) is 20.9. The Morgan fingerprint density at radius 3 is 2.57 bits per heavy atom. The number of rotatable bonds is 3. The minimum Gasteiger partial charge on any atom is -0.381 e. The van der Waals surface area contributed by atoms with Crippen molar-refractivity contribution in [2.45, 2.75) is 50.3 Å². The van der Waals surface area contributed by atoms with Crippen LogP contribution in [0.1, 0.15) is 42.4 Å². The van der Waals surface area contributed by atoms with Gasteiger partial charge in [0.2, 0.25) is 0 Å². The lowest BCUT2D eigenvalue weighted by molar-refractivity contribution is -0.139. The SMILES string of the molecule is CO[C@H]1CC[C@]2(CC1)Cc1ccc(Br)cc1C21NC(=O)N(Cc2ccccc2)C1=O. The first kappa shape index (κ1) is 19.8. The van der Waals surface area contributed by atoms with Crippen LogP contribution in [0.2, 0.25) is 0 Å². The van der Waals surface area contributed by atoms with Crippen LogP contribution >= 0.6 is 15.9 Å². The number of methoxy groups -OCH3 is 1. The van der Waals surface area contributed by atoms with Gasteiger partial charge in [0.05, 0.1) is 12.6 Å². The fraction of sp³-hybridized carbons (Fsp3) is 0.417. The molecule has 2 aromatic carbocycles. The highest BCUT2D eigenvalue weighted by molar-refractivity contribution is 9.10. The zero-order valence-electron chi connectivity index (χ0n) is 17.0. The van der Waals surface area contributed by atoms with Gasteiger partial charge in [0.25, 0.3) is 5.91 Å². The van der Waals surface area contributed by atoms with E-state index in [2.05, 4.69) is 27.3 Å². The lowest BCUT2D eigenvalue weighted by Crippen LogP contribution is -2.56. The average Bonchev–Trinajstić information content (AvgIpc) is 3.16. The lowest BCUT2D eigenvalue weighted by Gasteiger charge is -2.46. The molecule has 2 aliphatic carbocycles. The van der Waals surface area contributed by atoms with Gasteiger partial charge in [-0.2, -0.15) is 0 Å². The van der Waals surface area contributed by atoms with E-state index in [1.807, 2.05) is 42.5 Å². The summed E-state index contributed by atoms with van der Waals surface area (Å²) in [4.78, 5) is 28.6. The van der Waals surface area contributed by atoms with Crippen LogP contribution in [0.3, 0.4) is 0 Å². The Kier molecular flexibility index (Phi) is 4.75. The van der Waals surface area contributed by atoms with Gasteiger partial charge < -0.3 is 10.1 Å². The number of benzene rings is 2. The summed E-state index contributed by atoms with van der Waals surface area (Å²) in [6.07, 6.45) is 4.52. The van der Waals surface area contributed by atoms with Gasteiger partial charge in [-0.15, -0.1) is 0 Å². The van der Waals surface area contributed by atoms with E-state index in [4.69, 9.17) is 4.74 Å². The predicted molar refractivity (Wildman–Crippen MR) is 117 cm³/mol. The normalized spacial score (nSPS) is 30.2. The van der Waals surface area contributed by atoms with Crippen molar-refractivity contribution < 1.29 is 14.3 Å². The number of imide groups is 1. The van der Waals surface area contributed by atoms with Gasteiger partial charge in [0.15, 0.2) is 5.54 Å². The maximum Gasteiger partial charge on any atom is 0.325 e. The summed E-state index contributed by atoms with van der Waals surface area (Å²) in [5.74, 6) is -0.121. The van der Waals surface area contributed by atoms with Crippen molar-refractivity contribution in [2.24, 2.45) is 5.41 Å². The standard InChI is InChI=1S/C24H25BrN2O3/c1-30-19-9-11-23(12-10-19)14-17-7-8-18(25)13-20(17)24(23)21(28)27(22(29)26-24)15-16-5-3-2-4-6-16/h2-8,13,19H,9-12,14-15H2,1H3,(H,26,29)/t19-,23-,24?. The fourth-order valence-corrected chi connectivity index (χ4v) is 6.15. The molecule has 1 N–H and O–H groups in total. The smallest absolute Gasteiger partial charge is 0.325 e. The summed E-state index contributed by atoms with van der Waals surface area (Å²) in [5.41, 5.74) is 1.73. The molecule has 0 radical (unpaired) electrons. The highest BCUT2D eigenvalue weighted by atomic mass is 79.9. The van der Waals surface area contributed by atoms with Crippen LogP contribution in [0.4, 0.5) is 4.79 Å². The van der Waals surface area contributed by atoms with E-state index in [1.54, 1.807) is 7.11 Å². The van der Waals surface area contributed by atoms with Crippen molar-refractivity contribution in [3.05, 3.63) is 69.7 Å². The Bertz CT molecular complexity index is 1000.